The maximum Gasteiger partial charge on any atom is 0.169 e. The first-order valence-electron chi connectivity index (χ1n) is 4.69. The Kier molecular flexibility index (Phi) is 3.49. The van der Waals surface area contributed by atoms with E-state index in [4.69, 9.17) is 16.0 Å². The molecule has 0 spiro atoms. The van der Waals surface area contributed by atoms with Crippen LogP contribution in [0.15, 0.2) is 51.6 Å². The second kappa shape index (κ2) is 4.86. The average Bonchev–Trinajstić information content (AvgIpc) is 2.66. The summed E-state index contributed by atoms with van der Waals surface area (Å²) in [5, 5.41) is -0.112. The quantitative estimate of drug-likeness (QED) is 0.753. The first kappa shape index (κ1) is 10.8. The molecule has 1 aromatic carbocycles. The van der Waals surface area contributed by atoms with Crippen molar-refractivity contribution < 1.29 is 4.42 Å². The second-order valence-corrected chi connectivity index (χ2v) is 4.61. The molecule has 0 radical (unpaired) electrons. The molecule has 1 nitrogen and oxygen atoms in total. The lowest BCUT2D eigenvalue weighted by Gasteiger charge is -2.05. The van der Waals surface area contributed by atoms with Crippen LogP contribution in [0.5, 0.6) is 0 Å². The Balaban J connectivity index is 2.07. The van der Waals surface area contributed by atoms with Crippen LogP contribution in [0, 0.1) is 0 Å². The molecule has 15 heavy (non-hydrogen) atoms. The molecule has 0 saturated carbocycles. The first-order chi connectivity index (χ1) is 7.25. The minimum Gasteiger partial charge on any atom is -0.453 e. The van der Waals surface area contributed by atoms with Gasteiger partial charge in [0.2, 0.25) is 0 Å². The molecule has 0 aliphatic rings. The third-order valence-electron chi connectivity index (χ3n) is 2.16. The highest BCUT2D eigenvalue weighted by Crippen LogP contribution is 2.28. The summed E-state index contributed by atoms with van der Waals surface area (Å²) in [4.78, 5) is 0. The summed E-state index contributed by atoms with van der Waals surface area (Å²) >= 11 is 9.50. The van der Waals surface area contributed by atoms with Crippen molar-refractivity contribution in [3.63, 3.8) is 0 Å². The van der Waals surface area contributed by atoms with Gasteiger partial charge < -0.3 is 4.42 Å². The minimum absolute atomic E-state index is 0.112. The van der Waals surface area contributed by atoms with Gasteiger partial charge in [-0.1, -0.05) is 30.3 Å². The average molecular weight is 286 g/mol. The molecule has 2 aromatic rings. The number of halogens is 2. The van der Waals surface area contributed by atoms with E-state index in [2.05, 4.69) is 28.1 Å². The van der Waals surface area contributed by atoms with Crippen LogP contribution in [0.3, 0.4) is 0 Å². The van der Waals surface area contributed by atoms with Crippen molar-refractivity contribution in [1.29, 1.82) is 0 Å². The van der Waals surface area contributed by atoms with Crippen molar-refractivity contribution >= 4 is 27.5 Å². The van der Waals surface area contributed by atoms with Gasteiger partial charge in [-0.3, -0.25) is 0 Å². The summed E-state index contributed by atoms with van der Waals surface area (Å²) in [6.45, 7) is 0. The summed E-state index contributed by atoms with van der Waals surface area (Å²) in [6.07, 6.45) is 0.780. The molecule has 1 aromatic heterocycles. The summed E-state index contributed by atoms with van der Waals surface area (Å²) < 4.78 is 6.12. The fourth-order valence-corrected chi connectivity index (χ4v) is 2.03. The van der Waals surface area contributed by atoms with Gasteiger partial charge in [-0.05, 0) is 40.0 Å². The Labute approximate surface area is 102 Å². The molecular weight excluding hydrogens is 275 g/mol. The Bertz CT molecular complexity index is 424. The normalized spacial score (nSPS) is 12.7. The van der Waals surface area contributed by atoms with Crippen LogP contribution >= 0.6 is 27.5 Å². The van der Waals surface area contributed by atoms with E-state index in [1.54, 1.807) is 0 Å². The van der Waals surface area contributed by atoms with E-state index in [1.807, 2.05) is 30.3 Å². The van der Waals surface area contributed by atoms with Gasteiger partial charge in [-0.2, -0.15) is 0 Å². The number of furan rings is 1. The largest absolute Gasteiger partial charge is 0.453 e. The number of hydrogen-bond acceptors (Lipinski definition) is 1. The highest BCUT2D eigenvalue weighted by atomic mass is 79.9. The van der Waals surface area contributed by atoms with E-state index in [1.165, 1.54) is 5.56 Å². The molecule has 1 atom stereocenters. The highest BCUT2D eigenvalue weighted by Gasteiger charge is 2.12. The Morgan fingerprint density at radius 2 is 1.87 bits per heavy atom. The lowest BCUT2D eigenvalue weighted by atomic mass is 10.1. The number of hydrogen-bond donors (Lipinski definition) is 0. The Morgan fingerprint density at radius 1 is 1.13 bits per heavy atom. The fraction of sp³-hybridized carbons (Fsp3) is 0.167. The summed E-state index contributed by atoms with van der Waals surface area (Å²) in [6, 6.07) is 13.9. The molecule has 0 fully saturated rings. The topological polar surface area (TPSA) is 13.1 Å². The number of rotatable bonds is 3. The number of benzene rings is 1. The molecule has 2 rings (SSSR count). The van der Waals surface area contributed by atoms with Crippen molar-refractivity contribution in [2.45, 2.75) is 11.8 Å². The maximum atomic E-state index is 6.24. The molecule has 0 saturated heterocycles. The predicted molar refractivity (Wildman–Crippen MR) is 65.1 cm³/mol. The van der Waals surface area contributed by atoms with Crippen LogP contribution in [0.2, 0.25) is 0 Å². The van der Waals surface area contributed by atoms with Gasteiger partial charge in [0.05, 0.1) is 5.38 Å². The SMILES string of the molecule is ClC(Cc1ccccc1)c1ccc(Br)o1. The third kappa shape index (κ3) is 2.86. The van der Waals surface area contributed by atoms with Crippen molar-refractivity contribution in [2.24, 2.45) is 0 Å². The van der Waals surface area contributed by atoms with E-state index in [0.717, 1.165) is 16.9 Å². The predicted octanol–water partition coefficient (Wildman–Crippen LogP) is 4.56. The molecule has 0 amide bonds. The zero-order valence-corrected chi connectivity index (χ0v) is 10.3. The standard InChI is InChI=1S/C12H10BrClO/c13-12-7-6-11(15-12)10(14)8-9-4-2-1-3-5-9/h1-7,10H,8H2. The van der Waals surface area contributed by atoms with Crippen LogP contribution in [-0.4, -0.2) is 0 Å². The highest BCUT2D eigenvalue weighted by molar-refractivity contribution is 9.10. The van der Waals surface area contributed by atoms with E-state index in [0.29, 0.717) is 0 Å². The summed E-state index contributed by atoms with van der Waals surface area (Å²) in [5.41, 5.74) is 1.21. The molecule has 0 aliphatic carbocycles. The Morgan fingerprint density at radius 3 is 2.47 bits per heavy atom. The summed E-state index contributed by atoms with van der Waals surface area (Å²) in [5.74, 6) is 0.799. The second-order valence-electron chi connectivity index (χ2n) is 3.30. The molecule has 0 aliphatic heterocycles. The zero-order chi connectivity index (χ0) is 10.7. The molecule has 0 N–H and O–H groups in total. The maximum absolute atomic E-state index is 6.24. The first-order valence-corrected chi connectivity index (χ1v) is 5.92. The van der Waals surface area contributed by atoms with Gasteiger partial charge in [0.15, 0.2) is 4.67 Å². The fourth-order valence-electron chi connectivity index (χ4n) is 1.42. The van der Waals surface area contributed by atoms with Gasteiger partial charge in [-0.15, -0.1) is 11.6 Å². The molecule has 3 heteroatoms. The van der Waals surface area contributed by atoms with Gasteiger partial charge in [0.1, 0.15) is 5.76 Å². The minimum atomic E-state index is -0.112. The Hall–Kier alpha value is -0.730. The van der Waals surface area contributed by atoms with Crippen LogP contribution < -0.4 is 0 Å². The van der Waals surface area contributed by atoms with E-state index in [-0.39, 0.29) is 5.38 Å². The lowest BCUT2D eigenvalue weighted by Crippen LogP contribution is -1.93. The molecule has 0 bridgehead atoms. The van der Waals surface area contributed by atoms with Crippen molar-refractivity contribution in [3.05, 3.63) is 58.5 Å². The molecular formula is C12H10BrClO. The van der Waals surface area contributed by atoms with Crippen molar-refractivity contribution in [1.82, 2.24) is 0 Å². The van der Waals surface area contributed by atoms with Crippen LogP contribution in [0.25, 0.3) is 0 Å². The van der Waals surface area contributed by atoms with Crippen LogP contribution in [0.4, 0.5) is 0 Å². The molecule has 1 heterocycles. The van der Waals surface area contributed by atoms with Crippen LogP contribution in [-0.2, 0) is 6.42 Å². The monoisotopic (exact) mass is 284 g/mol. The van der Waals surface area contributed by atoms with E-state index in [9.17, 15) is 0 Å². The van der Waals surface area contributed by atoms with E-state index < -0.39 is 0 Å². The number of alkyl halides is 1. The van der Waals surface area contributed by atoms with Gasteiger partial charge >= 0.3 is 0 Å². The van der Waals surface area contributed by atoms with Crippen LogP contribution in [0.1, 0.15) is 16.7 Å². The van der Waals surface area contributed by atoms with Gasteiger partial charge in [0, 0.05) is 0 Å². The van der Waals surface area contributed by atoms with Crippen molar-refractivity contribution in [3.8, 4) is 0 Å². The third-order valence-corrected chi connectivity index (χ3v) is 2.96. The van der Waals surface area contributed by atoms with E-state index >= 15 is 0 Å². The summed E-state index contributed by atoms with van der Waals surface area (Å²) in [7, 11) is 0. The van der Waals surface area contributed by atoms with Crippen molar-refractivity contribution in [2.75, 3.05) is 0 Å². The lowest BCUT2D eigenvalue weighted by molar-refractivity contribution is 0.481. The molecule has 1 unspecified atom stereocenters. The van der Waals surface area contributed by atoms with Gasteiger partial charge in [0.25, 0.3) is 0 Å². The van der Waals surface area contributed by atoms with Gasteiger partial charge in [-0.25, -0.2) is 0 Å². The smallest absolute Gasteiger partial charge is 0.169 e. The molecule has 78 valence electrons. The zero-order valence-electron chi connectivity index (χ0n) is 7.99.